The lowest BCUT2D eigenvalue weighted by molar-refractivity contribution is 0.0426. The van der Waals surface area contributed by atoms with E-state index in [9.17, 15) is 0 Å². The lowest BCUT2D eigenvalue weighted by Crippen LogP contribution is -2.49. The predicted molar refractivity (Wildman–Crippen MR) is 155 cm³/mol. The van der Waals surface area contributed by atoms with Gasteiger partial charge in [0.05, 0.1) is 0 Å². The fraction of sp³-hybridized carbons (Fsp3) is 0.314. The average Bonchev–Trinajstić information content (AvgIpc) is 3.18. The van der Waals surface area contributed by atoms with E-state index in [1.54, 1.807) is 11.1 Å². The van der Waals surface area contributed by atoms with Gasteiger partial charge in [0.25, 0.3) is 0 Å². The predicted octanol–water partition coefficient (Wildman–Crippen LogP) is 10.1. The minimum atomic E-state index is 0.169. The number of hydrogen-bond acceptors (Lipinski definition) is 0. The summed E-state index contributed by atoms with van der Waals surface area (Å²) in [5.41, 5.74) is 11.4. The van der Waals surface area contributed by atoms with Crippen LogP contribution < -0.4 is 0 Å². The Kier molecular flexibility index (Phi) is 5.29. The molecule has 4 aromatic rings. The van der Waals surface area contributed by atoms with Crippen molar-refractivity contribution < 1.29 is 0 Å². The summed E-state index contributed by atoms with van der Waals surface area (Å²) in [6.45, 7) is 5.04. The van der Waals surface area contributed by atoms with Gasteiger partial charge in [-0.25, -0.2) is 0 Å². The Hall–Kier alpha value is -2.64. The van der Waals surface area contributed by atoms with E-state index in [1.807, 2.05) is 0 Å². The van der Waals surface area contributed by atoms with Gasteiger partial charge in [-0.1, -0.05) is 96.5 Å². The fourth-order valence-corrected chi connectivity index (χ4v) is 8.95. The molecule has 2 bridgehead atoms. The summed E-state index contributed by atoms with van der Waals surface area (Å²) >= 11 is 3.80. The van der Waals surface area contributed by atoms with E-state index in [1.165, 1.54) is 59.1 Å². The Labute approximate surface area is 223 Å². The standard InChI is InChI=1S/C35H33Br/c1-22-14-24-16-23(2)35(29(15-22)17-24)33-11-7-6-10-31(33)32-21-26(12-13-34(32)35)28-18-27(19-30(36)20-28)25-8-4-3-5-9-25/h3-13,18-24,29H,14-17H2,1-2H3. The lowest BCUT2D eigenvalue weighted by atomic mass is 9.49. The summed E-state index contributed by atoms with van der Waals surface area (Å²) < 4.78 is 1.12. The zero-order chi connectivity index (χ0) is 24.4. The molecule has 1 spiro atoms. The Morgan fingerprint density at radius 2 is 1.33 bits per heavy atom. The third kappa shape index (κ3) is 3.32. The quantitative estimate of drug-likeness (QED) is 0.240. The molecule has 0 saturated heterocycles. The van der Waals surface area contributed by atoms with Crippen LogP contribution in [0.3, 0.4) is 0 Å². The molecular weight excluding hydrogens is 500 g/mol. The van der Waals surface area contributed by atoms with Crippen molar-refractivity contribution in [2.24, 2.45) is 23.7 Å². The SMILES string of the molecule is CC1CC2CC(C)C3(c4ccccc4-c4cc(-c5cc(Br)cc(-c6ccccc6)c5)ccc43)C(C1)C2. The molecule has 36 heavy (non-hydrogen) atoms. The van der Waals surface area contributed by atoms with Crippen molar-refractivity contribution in [2.75, 3.05) is 0 Å². The molecule has 5 atom stereocenters. The molecule has 180 valence electrons. The van der Waals surface area contributed by atoms with Gasteiger partial charge in [0.2, 0.25) is 0 Å². The molecule has 0 nitrogen and oxygen atoms in total. The van der Waals surface area contributed by atoms with Crippen LogP contribution >= 0.6 is 15.9 Å². The van der Waals surface area contributed by atoms with Gasteiger partial charge in [-0.05, 0) is 118 Å². The molecule has 0 heterocycles. The number of halogens is 1. The van der Waals surface area contributed by atoms with Crippen molar-refractivity contribution in [3.8, 4) is 33.4 Å². The highest BCUT2D eigenvalue weighted by Crippen LogP contribution is 2.64. The first-order valence-corrected chi connectivity index (χ1v) is 14.4. The Morgan fingerprint density at radius 3 is 2.17 bits per heavy atom. The minimum absolute atomic E-state index is 0.169. The van der Waals surface area contributed by atoms with Gasteiger partial charge in [-0.2, -0.15) is 0 Å². The molecule has 3 aliphatic rings. The summed E-state index contributed by atoms with van der Waals surface area (Å²) in [6.07, 6.45) is 5.55. The maximum Gasteiger partial charge on any atom is 0.0269 e. The molecule has 0 radical (unpaired) electrons. The van der Waals surface area contributed by atoms with E-state index in [0.717, 1.165) is 22.2 Å². The van der Waals surface area contributed by atoms with Gasteiger partial charge >= 0.3 is 0 Å². The molecule has 3 aliphatic carbocycles. The van der Waals surface area contributed by atoms with Crippen molar-refractivity contribution in [2.45, 2.75) is 44.9 Å². The summed E-state index contributed by atoms with van der Waals surface area (Å²) in [6, 6.07) is 34.3. The lowest BCUT2D eigenvalue weighted by Gasteiger charge is -2.54. The van der Waals surface area contributed by atoms with Crippen LogP contribution in [0.25, 0.3) is 33.4 Å². The van der Waals surface area contributed by atoms with E-state index in [4.69, 9.17) is 0 Å². The summed E-state index contributed by atoms with van der Waals surface area (Å²) in [5, 5.41) is 0. The van der Waals surface area contributed by atoms with Crippen molar-refractivity contribution in [1.29, 1.82) is 0 Å². The second-order valence-corrected chi connectivity index (χ2v) is 12.7. The Balaban J connectivity index is 1.40. The maximum absolute atomic E-state index is 3.80. The first kappa shape index (κ1) is 22.5. The van der Waals surface area contributed by atoms with Gasteiger partial charge in [0.1, 0.15) is 0 Å². The Morgan fingerprint density at radius 1 is 0.611 bits per heavy atom. The molecular formula is C35H33Br. The number of rotatable bonds is 2. The maximum atomic E-state index is 3.80. The summed E-state index contributed by atoms with van der Waals surface area (Å²) in [7, 11) is 0. The number of benzene rings is 4. The normalized spacial score (nSPS) is 28.1. The van der Waals surface area contributed by atoms with Crippen LogP contribution in [0.5, 0.6) is 0 Å². The minimum Gasteiger partial charge on any atom is -0.0625 e. The highest BCUT2D eigenvalue weighted by atomic mass is 79.9. The van der Waals surface area contributed by atoms with Crippen LogP contribution in [0.15, 0.2) is 95.5 Å². The van der Waals surface area contributed by atoms with Crippen molar-refractivity contribution in [3.05, 3.63) is 107 Å². The Bertz CT molecular complexity index is 1450. The van der Waals surface area contributed by atoms with Crippen molar-refractivity contribution in [1.82, 2.24) is 0 Å². The van der Waals surface area contributed by atoms with Crippen LogP contribution in [-0.2, 0) is 5.41 Å². The number of hydrogen-bond donors (Lipinski definition) is 0. The third-order valence-corrected chi connectivity index (χ3v) is 10.1. The highest BCUT2D eigenvalue weighted by molar-refractivity contribution is 9.10. The van der Waals surface area contributed by atoms with Crippen molar-refractivity contribution >= 4 is 15.9 Å². The topological polar surface area (TPSA) is 0 Å². The fourth-order valence-electron chi connectivity index (χ4n) is 8.45. The molecule has 5 unspecified atom stereocenters. The van der Waals surface area contributed by atoms with Crippen molar-refractivity contribution in [3.63, 3.8) is 0 Å². The largest absolute Gasteiger partial charge is 0.0625 e. The first-order chi connectivity index (χ1) is 17.5. The summed E-state index contributed by atoms with van der Waals surface area (Å²) in [4.78, 5) is 0. The highest BCUT2D eigenvalue weighted by Gasteiger charge is 2.56. The molecule has 2 fully saturated rings. The molecule has 0 aromatic heterocycles. The molecule has 0 amide bonds. The molecule has 7 rings (SSSR count). The first-order valence-electron chi connectivity index (χ1n) is 13.6. The number of fused-ring (bicyclic) bond motifs is 8. The van der Waals surface area contributed by atoms with Gasteiger partial charge in [-0.3, -0.25) is 0 Å². The zero-order valence-corrected chi connectivity index (χ0v) is 22.8. The van der Waals surface area contributed by atoms with Gasteiger partial charge < -0.3 is 0 Å². The van der Waals surface area contributed by atoms with Crippen LogP contribution in [0.4, 0.5) is 0 Å². The van der Waals surface area contributed by atoms with Crippen LogP contribution in [-0.4, -0.2) is 0 Å². The third-order valence-electron chi connectivity index (χ3n) is 9.61. The van der Waals surface area contributed by atoms with Gasteiger partial charge in [0.15, 0.2) is 0 Å². The van der Waals surface area contributed by atoms with E-state index < -0.39 is 0 Å². The van der Waals surface area contributed by atoms with Gasteiger partial charge in [-0.15, -0.1) is 0 Å². The molecule has 4 aromatic carbocycles. The van der Waals surface area contributed by atoms with Crippen LogP contribution in [0.2, 0.25) is 0 Å². The average molecular weight is 534 g/mol. The van der Waals surface area contributed by atoms with Crippen LogP contribution in [0.1, 0.15) is 50.7 Å². The van der Waals surface area contributed by atoms with Gasteiger partial charge in [0, 0.05) is 9.89 Å². The molecule has 2 saturated carbocycles. The molecule has 0 aliphatic heterocycles. The monoisotopic (exact) mass is 532 g/mol. The van der Waals surface area contributed by atoms with E-state index in [2.05, 4.69) is 121 Å². The van der Waals surface area contributed by atoms with E-state index in [0.29, 0.717) is 5.92 Å². The van der Waals surface area contributed by atoms with E-state index in [-0.39, 0.29) is 5.41 Å². The smallest absolute Gasteiger partial charge is 0.0269 e. The molecule has 1 heteroatoms. The van der Waals surface area contributed by atoms with Crippen LogP contribution in [0, 0.1) is 23.7 Å². The van der Waals surface area contributed by atoms with E-state index >= 15 is 0 Å². The molecule has 0 N–H and O–H groups in total. The second-order valence-electron chi connectivity index (χ2n) is 11.8. The summed E-state index contributed by atoms with van der Waals surface area (Å²) in [5.74, 6) is 3.18. The second kappa shape index (κ2) is 8.45. The zero-order valence-electron chi connectivity index (χ0n) is 21.2.